The van der Waals surface area contributed by atoms with Crippen LogP contribution in [0.2, 0.25) is 0 Å². The number of carbonyl (C=O) groups excluding carboxylic acids is 1. The van der Waals surface area contributed by atoms with E-state index in [1.165, 1.54) is 4.68 Å². The fourth-order valence-electron chi connectivity index (χ4n) is 3.66. The van der Waals surface area contributed by atoms with Gasteiger partial charge in [0.1, 0.15) is 0 Å². The molecule has 1 saturated heterocycles. The number of fused-ring (bicyclic) bond motifs is 1. The molecule has 146 valence electrons. The highest BCUT2D eigenvalue weighted by molar-refractivity contribution is 6.04. The number of rotatable bonds is 3. The molecular formula is C22H21N5O2. The van der Waals surface area contributed by atoms with Crippen molar-refractivity contribution in [1.82, 2.24) is 19.6 Å². The average molecular weight is 387 g/mol. The van der Waals surface area contributed by atoms with E-state index in [9.17, 15) is 9.59 Å². The standard InChI is InChI=1S/C22H21N5O2/c1-25-21(28)19-5-3-2-4-18(19)20(24-25)22(29)27-12-10-26(11-13-27)15-17-8-6-16(14-23)7-9-17/h2-9H,10-13,15H2,1H3. The summed E-state index contributed by atoms with van der Waals surface area (Å²) in [6, 6.07) is 16.8. The third-order valence-electron chi connectivity index (χ3n) is 5.31. The molecule has 1 aliphatic heterocycles. The number of hydrogen-bond donors (Lipinski definition) is 0. The molecule has 2 aromatic carbocycles. The highest BCUT2D eigenvalue weighted by atomic mass is 16.2. The molecule has 0 N–H and O–H groups in total. The fourth-order valence-corrected chi connectivity index (χ4v) is 3.66. The number of hydrogen-bond acceptors (Lipinski definition) is 5. The predicted molar refractivity (Wildman–Crippen MR) is 109 cm³/mol. The zero-order chi connectivity index (χ0) is 20.4. The van der Waals surface area contributed by atoms with Crippen LogP contribution < -0.4 is 5.56 Å². The van der Waals surface area contributed by atoms with Gasteiger partial charge in [-0.25, -0.2) is 4.68 Å². The van der Waals surface area contributed by atoms with Crippen LogP contribution in [-0.4, -0.2) is 51.7 Å². The molecular weight excluding hydrogens is 366 g/mol. The van der Waals surface area contributed by atoms with Gasteiger partial charge >= 0.3 is 0 Å². The van der Waals surface area contributed by atoms with Gasteiger partial charge in [-0.2, -0.15) is 10.4 Å². The monoisotopic (exact) mass is 387 g/mol. The minimum Gasteiger partial charge on any atom is -0.335 e. The van der Waals surface area contributed by atoms with Gasteiger partial charge in [0.15, 0.2) is 5.69 Å². The molecule has 0 spiro atoms. The molecule has 1 amide bonds. The number of aryl methyl sites for hydroxylation is 1. The van der Waals surface area contributed by atoms with Crippen LogP contribution in [0.15, 0.2) is 53.3 Å². The van der Waals surface area contributed by atoms with Gasteiger partial charge in [0.05, 0.1) is 17.0 Å². The molecule has 0 radical (unpaired) electrons. The van der Waals surface area contributed by atoms with E-state index < -0.39 is 0 Å². The van der Waals surface area contributed by atoms with E-state index in [-0.39, 0.29) is 11.5 Å². The van der Waals surface area contributed by atoms with Crippen molar-refractivity contribution in [1.29, 1.82) is 5.26 Å². The van der Waals surface area contributed by atoms with Crippen molar-refractivity contribution in [2.24, 2.45) is 7.05 Å². The van der Waals surface area contributed by atoms with Gasteiger partial charge in [0.25, 0.3) is 11.5 Å². The van der Waals surface area contributed by atoms with Crippen molar-refractivity contribution < 1.29 is 4.79 Å². The van der Waals surface area contributed by atoms with E-state index >= 15 is 0 Å². The van der Waals surface area contributed by atoms with E-state index in [1.54, 1.807) is 30.1 Å². The first-order chi connectivity index (χ1) is 14.1. The second-order valence-corrected chi connectivity index (χ2v) is 7.20. The normalized spacial score (nSPS) is 14.7. The van der Waals surface area contributed by atoms with Crippen molar-refractivity contribution in [2.75, 3.05) is 26.2 Å². The topological polar surface area (TPSA) is 82.2 Å². The number of carbonyl (C=O) groups is 1. The quantitative estimate of drug-likeness (QED) is 0.684. The Morgan fingerprint density at radius 2 is 1.69 bits per heavy atom. The van der Waals surface area contributed by atoms with E-state index in [0.29, 0.717) is 35.1 Å². The summed E-state index contributed by atoms with van der Waals surface area (Å²) in [7, 11) is 1.57. The maximum Gasteiger partial charge on any atom is 0.275 e. The SMILES string of the molecule is Cn1nc(C(=O)N2CCN(Cc3ccc(C#N)cc3)CC2)c2ccccc2c1=O. The summed E-state index contributed by atoms with van der Waals surface area (Å²) < 4.78 is 1.23. The Hall–Kier alpha value is -3.50. The first-order valence-corrected chi connectivity index (χ1v) is 9.53. The zero-order valence-corrected chi connectivity index (χ0v) is 16.2. The Morgan fingerprint density at radius 3 is 2.34 bits per heavy atom. The van der Waals surface area contributed by atoms with Crippen LogP contribution >= 0.6 is 0 Å². The van der Waals surface area contributed by atoms with Crippen LogP contribution in [0, 0.1) is 11.3 Å². The first-order valence-electron chi connectivity index (χ1n) is 9.53. The fraction of sp³-hybridized carbons (Fsp3) is 0.273. The number of amides is 1. The molecule has 0 unspecified atom stereocenters. The van der Waals surface area contributed by atoms with E-state index in [2.05, 4.69) is 16.1 Å². The summed E-state index contributed by atoms with van der Waals surface area (Å²) in [5.41, 5.74) is 1.92. The summed E-state index contributed by atoms with van der Waals surface area (Å²) in [5.74, 6) is -0.144. The summed E-state index contributed by atoms with van der Waals surface area (Å²) in [6.07, 6.45) is 0. The number of nitrogens with zero attached hydrogens (tertiary/aromatic N) is 5. The number of aromatic nitrogens is 2. The van der Waals surface area contributed by atoms with Gasteiger partial charge in [-0.1, -0.05) is 30.3 Å². The van der Waals surface area contributed by atoms with Crippen molar-refractivity contribution in [3.63, 3.8) is 0 Å². The van der Waals surface area contributed by atoms with Crippen molar-refractivity contribution in [2.45, 2.75) is 6.54 Å². The molecule has 2 heterocycles. The summed E-state index contributed by atoms with van der Waals surface area (Å²) in [4.78, 5) is 29.5. The molecule has 1 aliphatic rings. The molecule has 0 aliphatic carbocycles. The zero-order valence-electron chi connectivity index (χ0n) is 16.2. The van der Waals surface area contributed by atoms with E-state index in [1.807, 2.05) is 30.3 Å². The molecule has 0 bridgehead atoms. The van der Waals surface area contributed by atoms with Crippen molar-refractivity contribution in [3.8, 4) is 6.07 Å². The Balaban J connectivity index is 1.47. The molecule has 1 aromatic heterocycles. The van der Waals surface area contributed by atoms with Crippen LogP contribution in [0.1, 0.15) is 21.6 Å². The van der Waals surface area contributed by atoms with Crippen molar-refractivity contribution in [3.05, 3.63) is 75.7 Å². The smallest absolute Gasteiger partial charge is 0.275 e. The summed E-state index contributed by atoms with van der Waals surface area (Å²) in [6.45, 7) is 3.52. The third-order valence-corrected chi connectivity index (χ3v) is 5.31. The van der Waals surface area contributed by atoms with Gasteiger partial charge in [0.2, 0.25) is 0 Å². The molecule has 7 nitrogen and oxygen atoms in total. The molecule has 1 fully saturated rings. The largest absolute Gasteiger partial charge is 0.335 e. The molecule has 3 aromatic rings. The molecule has 4 rings (SSSR count). The van der Waals surface area contributed by atoms with E-state index in [0.717, 1.165) is 25.2 Å². The maximum absolute atomic E-state index is 13.1. The molecule has 0 atom stereocenters. The number of piperazine rings is 1. The molecule has 7 heteroatoms. The van der Waals surface area contributed by atoms with Gasteiger partial charge in [0, 0.05) is 45.2 Å². The Morgan fingerprint density at radius 1 is 1.03 bits per heavy atom. The minimum absolute atomic E-state index is 0.144. The van der Waals surface area contributed by atoms with Gasteiger partial charge < -0.3 is 4.90 Å². The Bertz CT molecular complexity index is 1150. The predicted octanol–water partition coefficient (Wildman–Crippen LogP) is 1.76. The summed E-state index contributed by atoms with van der Waals surface area (Å²) >= 11 is 0. The molecule has 0 saturated carbocycles. The first kappa shape index (κ1) is 18.8. The lowest BCUT2D eigenvalue weighted by Crippen LogP contribution is -2.48. The Kier molecular flexibility index (Phi) is 5.10. The average Bonchev–Trinajstić information content (AvgIpc) is 2.77. The second-order valence-electron chi connectivity index (χ2n) is 7.20. The van der Waals surface area contributed by atoms with Crippen LogP contribution in [0.25, 0.3) is 10.8 Å². The van der Waals surface area contributed by atoms with Gasteiger partial charge in [-0.3, -0.25) is 14.5 Å². The second kappa shape index (κ2) is 7.86. The third kappa shape index (κ3) is 3.75. The van der Waals surface area contributed by atoms with Gasteiger partial charge in [-0.05, 0) is 23.8 Å². The highest BCUT2D eigenvalue weighted by Crippen LogP contribution is 2.17. The lowest BCUT2D eigenvalue weighted by atomic mass is 10.1. The van der Waals surface area contributed by atoms with Crippen LogP contribution in [0.3, 0.4) is 0 Å². The lowest BCUT2D eigenvalue weighted by molar-refractivity contribution is 0.0622. The summed E-state index contributed by atoms with van der Waals surface area (Å²) in [5, 5.41) is 14.3. The lowest BCUT2D eigenvalue weighted by Gasteiger charge is -2.34. The van der Waals surface area contributed by atoms with Gasteiger partial charge in [-0.15, -0.1) is 0 Å². The van der Waals surface area contributed by atoms with E-state index in [4.69, 9.17) is 5.26 Å². The highest BCUT2D eigenvalue weighted by Gasteiger charge is 2.25. The Labute approximate surface area is 168 Å². The maximum atomic E-state index is 13.1. The number of benzene rings is 2. The molecule has 29 heavy (non-hydrogen) atoms. The van der Waals surface area contributed by atoms with Crippen molar-refractivity contribution >= 4 is 16.7 Å². The number of nitriles is 1. The van der Waals surface area contributed by atoms with Crippen LogP contribution in [-0.2, 0) is 13.6 Å². The minimum atomic E-state index is -0.204. The van der Waals surface area contributed by atoms with Crippen LogP contribution in [0.4, 0.5) is 0 Å². The van der Waals surface area contributed by atoms with Crippen LogP contribution in [0.5, 0.6) is 0 Å².